The molecule has 1 saturated heterocycles. The van der Waals surface area contributed by atoms with Crippen LogP contribution in [-0.4, -0.2) is 86.4 Å². The number of ether oxygens (including phenoxy) is 2. The van der Waals surface area contributed by atoms with Gasteiger partial charge in [-0.05, 0) is 41.5 Å². The van der Waals surface area contributed by atoms with Crippen LogP contribution in [0.25, 0.3) is 0 Å². The van der Waals surface area contributed by atoms with Crippen LogP contribution in [-0.2, 0) is 28.7 Å². The van der Waals surface area contributed by atoms with Crippen LogP contribution in [0.2, 0.25) is 0 Å². The minimum atomic E-state index is -1.96. The van der Waals surface area contributed by atoms with Gasteiger partial charge >= 0.3 is 18.0 Å². The fraction of sp³-hybridized carbons (Fsp3) is 0.650. The molecule has 2 amide bonds. The van der Waals surface area contributed by atoms with Gasteiger partial charge in [0.2, 0.25) is 0 Å². The van der Waals surface area contributed by atoms with Gasteiger partial charge in [-0.3, -0.25) is 9.59 Å². The highest BCUT2D eigenvalue weighted by atomic mass is 16.6. The van der Waals surface area contributed by atoms with Crippen LogP contribution >= 0.6 is 0 Å². The number of carboxylic acid groups (broad SMARTS) is 1. The number of aliphatic hydroxyl groups is 1. The Morgan fingerprint density at radius 2 is 1.66 bits per heavy atom. The van der Waals surface area contributed by atoms with Crippen molar-refractivity contribution in [1.29, 1.82) is 0 Å². The number of aliphatic carboxylic acids is 1. The van der Waals surface area contributed by atoms with Crippen LogP contribution < -0.4 is 5.32 Å². The molecule has 0 bridgehead atoms. The largest absolute Gasteiger partial charge is 0.479 e. The lowest BCUT2D eigenvalue weighted by Crippen LogP contribution is -2.45. The molecule has 1 fully saturated rings. The zero-order chi connectivity index (χ0) is 24.6. The number of carbonyl (C=O) groups excluding carboxylic acids is 4. The Kier molecular flexibility index (Phi) is 7.00. The van der Waals surface area contributed by atoms with E-state index in [0.29, 0.717) is 0 Å². The third kappa shape index (κ3) is 6.04. The molecule has 2 rings (SSSR count). The Labute approximate surface area is 185 Å². The van der Waals surface area contributed by atoms with E-state index in [1.165, 1.54) is 5.01 Å². The van der Waals surface area contributed by atoms with Crippen LogP contribution in [0.15, 0.2) is 11.3 Å². The first kappa shape index (κ1) is 25.3. The van der Waals surface area contributed by atoms with Crippen LogP contribution in [0.1, 0.15) is 48.0 Å². The molecule has 0 aromatic carbocycles. The van der Waals surface area contributed by atoms with Gasteiger partial charge < -0.3 is 25.0 Å². The van der Waals surface area contributed by atoms with E-state index >= 15 is 0 Å². The van der Waals surface area contributed by atoms with E-state index in [2.05, 4.69) is 5.32 Å². The fourth-order valence-electron chi connectivity index (χ4n) is 3.13. The molecule has 2 aliphatic rings. The quantitative estimate of drug-likeness (QED) is 0.463. The summed E-state index contributed by atoms with van der Waals surface area (Å²) in [7, 11) is 0. The molecular weight excluding hydrogens is 426 g/mol. The van der Waals surface area contributed by atoms with E-state index in [1.54, 1.807) is 41.5 Å². The summed E-state index contributed by atoms with van der Waals surface area (Å²) in [5.41, 5.74) is -2.23. The second-order valence-corrected chi connectivity index (χ2v) is 9.51. The number of carboxylic acids is 1. The van der Waals surface area contributed by atoms with Crippen molar-refractivity contribution in [2.75, 3.05) is 13.1 Å². The summed E-state index contributed by atoms with van der Waals surface area (Å²) < 4.78 is 10.5. The Morgan fingerprint density at radius 3 is 2.16 bits per heavy atom. The van der Waals surface area contributed by atoms with Crippen LogP contribution in [0.5, 0.6) is 0 Å². The summed E-state index contributed by atoms with van der Waals surface area (Å²) in [5.74, 6) is -4.04. The molecule has 178 valence electrons. The number of carbonyl (C=O) groups is 5. The smallest absolute Gasteiger partial charge is 0.408 e. The Balaban J connectivity index is 2.32. The number of amides is 2. The number of ketones is 1. The zero-order valence-electron chi connectivity index (χ0n) is 18.9. The standard InChI is InChI=1S/C20H29N3O9/c1-19(2,3)31-17(29)14-10(12(24)7-13(25)16(27)28)8-22-9-11(15(26)23(14)22)21-18(30)32-20(4,5)6/h11,13,25H,7-9H2,1-6H3,(H,21,30)(H,27,28). The lowest BCUT2D eigenvalue weighted by atomic mass is 10.0. The SMILES string of the molecule is CC(C)(C)OC(=O)NC1CN2CC(C(=O)CC(O)C(=O)O)=C(C(=O)OC(C)(C)C)N2C1=O. The topological polar surface area (TPSA) is 163 Å². The minimum absolute atomic E-state index is 0.0529. The van der Waals surface area contributed by atoms with Crippen molar-refractivity contribution in [2.45, 2.75) is 71.3 Å². The number of fused-ring (bicyclic) bond motifs is 1. The van der Waals surface area contributed by atoms with E-state index in [9.17, 15) is 29.1 Å². The number of esters is 1. The summed E-state index contributed by atoms with van der Waals surface area (Å²) in [6, 6.07) is -1.04. The number of hydrazine groups is 1. The normalized spacial score (nSPS) is 20.2. The number of nitrogens with one attached hydrogen (secondary N) is 1. The Hall–Kier alpha value is -2.99. The van der Waals surface area contributed by atoms with E-state index in [0.717, 1.165) is 5.01 Å². The average Bonchev–Trinajstić information content (AvgIpc) is 3.09. The van der Waals surface area contributed by atoms with Gasteiger partial charge in [0, 0.05) is 25.1 Å². The van der Waals surface area contributed by atoms with Gasteiger partial charge in [0.15, 0.2) is 17.6 Å². The summed E-state index contributed by atoms with van der Waals surface area (Å²) in [6.45, 7) is 9.55. The average molecular weight is 455 g/mol. The maximum absolute atomic E-state index is 13.0. The van der Waals surface area contributed by atoms with Gasteiger partial charge in [0.1, 0.15) is 17.2 Å². The number of hydrogen-bond acceptors (Lipinski definition) is 9. The monoisotopic (exact) mass is 455 g/mol. The molecule has 2 unspecified atom stereocenters. The van der Waals surface area contributed by atoms with E-state index in [-0.39, 0.29) is 24.4 Å². The van der Waals surface area contributed by atoms with Crippen molar-refractivity contribution in [2.24, 2.45) is 0 Å². The van der Waals surface area contributed by atoms with Crippen LogP contribution in [0.4, 0.5) is 4.79 Å². The van der Waals surface area contributed by atoms with Crippen LogP contribution in [0, 0.1) is 0 Å². The highest BCUT2D eigenvalue weighted by Gasteiger charge is 2.50. The van der Waals surface area contributed by atoms with Gasteiger partial charge in [-0.15, -0.1) is 0 Å². The third-order valence-electron chi connectivity index (χ3n) is 4.30. The van der Waals surface area contributed by atoms with Crippen molar-refractivity contribution in [3.05, 3.63) is 11.3 Å². The minimum Gasteiger partial charge on any atom is -0.479 e. The first-order valence-corrected chi connectivity index (χ1v) is 9.99. The van der Waals surface area contributed by atoms with E-state index < -0.39 is 59.5 Å². The number of aliphatic hydroxyl groups excluding tert-OH is 1. The zero-order valence-corrected chi connectivity index (χ0v) is 18.9. The van der Waals surface area contributed by atoms with Crippen molar-refractivity contribution >= 4 is 29.7 Å². The molecule has 2 atom stereocenters. The van der Waals surface area contributed by atoms with E-state index in [1.807, 2.05) is 0 Å². The highest BCUT2D eigenvalue weighted by Crippen LogP contribution is 2.32. The van der Waals surface area contributed by atoms with Gasteiger partial charge in [-0.2, -0.15) is 0 Å². The second kappa shape index (κ2) is 8.87. The molecule has 2 heterocycles. The van der Waals surface area contributed by atoms with Gasteiger partial charge in [0.05, 0.1) is 0 Å². The molecule has 0 aliphatic carbocycles. The number of Topliss-reactive ketones (excluding diaryl/α,β-unsaturated/α-hetero) is 1. The van der Waals surface area contributed by atoms with Crippen molar-refractivity contribution in [1.82, 2.24) is 15.3 Å². The Bertz CT molecular complexity index is 867. The third-order valence-corrected chi connectivity index (χ3v) is 4.30. The molecule has 12 heteroatoms. The first-order chi connectivity index (χ1) is 14.5. The molecule has 0 saturated carbocycles. The maximum Gasteiger partial charge on any atom is 0.408 e. The van der Waals surface area contributed by atoms with Gasteiger partial charge in [-0.1, -0.05) is 0 Å². The summed E-state index contributed by atoms with van der Waals surface area (Å²) in [4.78, 5) is 61.5. The summed E-state index contributed by atoms with van der Waals surface area (Å²) >= 11 is 0. The lowest BCUT2D eigenvalue weighted by molar-refractivity contribution is -0.156. The number of rotatable bonds is 6. The molecule has 3 N–H and O–H groups in total. The highest BCUT2D eigenvalue weighted by molar-refractivity contribution is 6.08. The predicted molar refractivity (Wildman–Crippen MR) is 108 cm³/mol. The summed E-state index contributed by atoms with van der Waals surface area (Å²) in [6.07, 6.45) is -3.55. The lowest BCUT2D eigenvalue weighted by Gasteiger charge is -2.24. The molecule has 0 aromatic heterocycles. The molecule has 2 aliphatic heterocycles. The van der Waals surface area contributed by atoms with Gasteiger partial charge in [0.25, 0.3) is 5.91 Å². The molecule has 0 spiro atoms. The molecule has 12 nitrogen and oxygen atoms in total. The predicted octanol–water partition coefficient (Wildman–Crippen LogP) is -0.0470. The molecule has 32 heavy (non-hydrogen) atoms. The number of hydrogen-bond donors (Lipinski definition) is 3. The number of nitrogens with zero attached hydrogens (tertiary/aromatic N) is 2. The van der Waals surface area contributed by atoms with Gasteiger partial charge in [-0.25, -0.2) is 24.4 Å². The van der Waals surface area contributed by atoms with Crippen molar-refractivity contribution in [3.8, 4) is 0 Å². The van der Waals surface area contributed by atoms with Crippen molar-refractivity contribution < 1.29 is 43.7 Å². The van der Waals surface area contributed by atoms with Crippen molar-refractivity contribution in [3.63, 3.8) is 0 Å². The maximum atomic E-state index is 13.0. The second-order valence-electron chi connectivity index (χ2n) is 9.51. The first-order valence-electron chi connectivity index (χ1n) is 9.99. The summed E-state index contributed by atoms with van der Waals surface area (Å²) in [5, 5.41) is 23.2. The molecule has 0 radical (unpaired) electrons. The Morgan fingerprint density at radius 1 is 1.09 bits per heavy atom. The molecule has 0 aromatic rings. The van der Waals surface area contributed by atoms with Crippen LogP contribution in [0.3, 0.4) is 0 Å². The van der Waals surface area contributed by atoms with E-state index in [4.69, 9.17) is 14.6 Å². The number of alkyl carbamates (subject to hydrolysis) is 1. The molecular formula is C20H29N3O9. The fourth-order valence-corrected chi connectivity index (χ4v) is 3.13.